The van der Waals surface area contributed by atoms with Crippen LogP contribution in [0.5, 0.6) is 0 Å². The molecule has 0 aliphatic rings. The number of carbonyl (C=O) groups excluding carboxylic acids is 1. The molecule has 0 aliphatic heterocycles. The van der Waals surface area contributed by atoms with E-state index in [1.54, 1.807) is 25.1 Å². The van der Waals surface area contributed by atoms with Crippen LogP contribution >= 0.6 is 27.3 Å². The summed E-state index contributed by atoms with van der Waals surface area (Å²) in [5, 5.41) is 11.5. The monoisotopic (exact) mass is 575 g/mol. The summed E-state index contributed by atoms with van der Waals surface area (Å²) in [5.41, 5.74) is -0.152. The van der Waals surface area contributed by atoms with Crippen molar-refractivity contribution >= 4 is 49.1 Å². The van der Waals surface area contributed by atoms with Gasteiger partial charge < -0.3 is 4.74 Å². The minimum Gasteiger partial charge on any atom is -0.465 e. The molecule has 2 heterocycles. The number of nitro groups is 1. The maximum Gasteiger partial charge on any atom is 0.332 e. The third kappa shape index (κ3) is 4.73. The van der Waals surface area contributed by atoms with Crippen LogP contribution in [0.1, 0.15) is 18.1 Å². The van der Waals surface area contributed by atoms with Gasteiger partial charge in [-0.3, -0.25) is 24.3 Å². The van der Waals surface area contributed by atoms with Gasteiger partial charge in [0.25, 0.3) is 11.2 Å². The Balaban J connectivity index is 2.01. The molecule has 0 unspecified atom stereocenters. The number of ether oxygens (including phenoxy) is 1. The summed E-state index contributed by atoms with van der Waals surface area (Å²) in [6.07, 6.45) is 0. The summed E-state index contributed by atoms with van der Waals surface area (Å²) in [6.45, 7) is 0.920. The van der Waals surface area contributed by atoms with Crippen molar-refractivity contribution in [1.29, 1.82) is 0 Å². The second-order valence-corrected chi connectivity index (χ2v) is 9.24. The third-order valence-corrected chi connectivity index (χ3v) is 7.37. The molecule has 12 heteroatoms. The molecule has 0 spiro atoms. The number of esters is 1. The van der Waals surface area contributed by atoms with Gasteiger partial charge in [-0.05, 0) is 36.2 Å². The Bertz CT molecular complexity index is 1590. The molecule has 0 saturated heterocycles. The van der Waals surface area contributed by atoms with Crippen LogP contribution in [0.15, 0.2) is 58.1 Å². The fraction of sp³-hybridized carbons (Fsp3) is 0.208. The number of nitro benzene ring substituents is 1. The molecule has 2 aromatic heterocycles. The van der Waals surface area contributed by atoms with Gasteiger partial charge in [-0.2, -0.15) is 0 Å². The normalized spacial score (nSPS) is 11.1. The molecule has 0 N–H and O–H groups in total. The molecule has 0 amide bonds. The summed E-state index contributed by atoms with van der Waals surface area (Å²) in [5.74, 6) is -1.27. The minimum absolute atomic E-state index is 0.0780. The summed E-state index contributed by atoms with van der Waals surface area (Å²) in [7, 11) is 0. The minimum atomic E-state index is -0.776. The molecule has 0 radical (unpaired) electrons. The number of benzene rings is 2. The Hall–Kier alpha value is -3.64. The van der Waals surface area contributed by atoms with Crippen molar-refractivity contribution in [1.82, 2.24) is 9.13 Å². The summed E-state index contributed by atoms with van der Waals surface area (Å²) < 4.78 is 21.5. The van der Waals surface area contributed by atoms with Crippen LogP contribution < -0.4 is 11.2 Å². The van der Waals surface area contributed by atoms with E-state index in [2.05, 4.69) is 15.9 Å². The van der Waals surface area contributed by atoms with Gasteiger partial charge in [-0.25, -0.2) is 13.8 Å². The fourth-order valence-electron chi connectivity index (χ4n) is 3.82. The number of hydrogen-bond acceptors (Lipinski definition) is 7. The van der Waals surface area contributed by atoms with Crippen molar-refractivity contribution in [2.75, 3.05) is 6.61 Å². The number of alkyl halides is 1. The van der Waals surface area contributed by atoms with Crippen LogP contribution in [-0.4, -0.2) is 26.6 Å². The van der Waals surface area contributed by atoms with Crippen LogP contribution in [0.3, 0.4) is 0 Å². The summed E-state index contributed by atoms with van der Waals surface area (Å²) in [4.78, 5) is 50.6. The molecule has 0 atom stereocenters. The van der Waals surface area contributed by atoms with E-state index in [0.29, 0.717) is 20.8 Å². The highest BCUT2D eigenvalue weighted by molar-refractivity contribution is 9.08. The number of hydrogen-bond donors (Lipinski definition) is 0. The number of aromatic nitrogens is 2. The second-order valence-electron chi connectivity index (χ2n) is 7.68. The van der Waals surface area contributed by atoms with Gasteiger partial charge in [-0.15, -0.1) is 11.3 Å². The molecule has 2 aromatic carbocycles. The number of thiophene rings is 1. The highest BCUT2D eigenvalue weighted by Crippen LogP contribution is 2.38. The van der Waals surface area contributed by atoms with Gasteiger partial charge in [0.15, 0.2) is 0 Å². The lowest BCUT2D eigenvalue weighted by Crippen LogP contribution is -2.42. The number of carbonyl (C=O) groups is 1. The first kappa shape index (κ1) is 25.5. The average molecular weight is 576 g/mol. The molecule has 9 nitrogen and oxygen atoms in total. The zero-order valence-electron chi connectivity index (χ0n) is 18.9. The van der Waals surface area contributed by atoms with Crippen molar-refractivity contribution in [2.24, 2.45) is 0 Å². The van der Waals surface area contributed by atoms with E-state index in [9.17, 15) is 28.9 Å². The number of nitrogens with zero attached hydrogens (tertiary/aromatic N) is 3. The molecule has 186 valence electrons. The maximum atomic E-state index is 14.5. The SMILES string of the molecule is CCOC(=O)Cn1c(=O)c2c(CBr)c(-c3ccc([N+](=O)[O-])cc3)sc2n(Cc2ccccc2F)c1=O. The van der Waals surface area contributed by atoms with Crippen molar-refractivity contribution in [3.8, 4) is 10.4 Å². The second kappa shape index (κ2) is 10.5. The van der Waals surface area contributed by atoms with Crippen molar-refractivity contribution < 1.29 is 18.8 Å². The molecule has 0 saturated carbocycles. The smallest absolute Gasteiger partial charge is 0.332 e. The lowest BCUT2D eigenvalue weighted by Gasteiger charge is -2.12. The zero-order chi connectivity index (χ0) is 26.0. The van der Waals surface area contributed by atoms with E-state index in [1.807, 2.05) is 0 Å². The molecular weight excluding hydrogens is 557 g/mol. The van der Waals surface area contributed by atoms with Gasteiger partial charge >= 0.3 is 11.7 Å². The van der Waals surface area contributed by atoms with Gasteiger partial charge in [0.2, 0.25) is 0 Å². The predicted octanol–water partition coefficient (Wildman–Crippen LogP) is 4.45. The Labute approximate surface area is 215 Å². The highest BCUT2D eigenvalue weighted by atomic mass is 79.9. The quantitative estimate of drug-likeness (QED) is 0.133. The van der Waals surface area contributed by atoms with Gasteiger partial charge in [-0.1, -0.05) is 34.1 Å². The molecule has 0 fully saturated rings. The van der Waals surface area contributed by atoms with Crippen LogP contribution in [0, 0.1) is 15.9 Å². The molecule has 4 aromatic rings. The largest absolute Gasteiger partial charge is 0.465 e. The Kier molecular flexibility index (Phi) is 7.45. The van der Waals surface area contributed by atoms with E-state index in [-0.39, 0.29) is 35.1 Å². The fourth-order valence-corrected chi connectivity index (χ4v) is 5.88. The molecule has 4 rings (SSSR count). The molecule has 0 bridgehead atoms. The zero-order valence-corrected chi connectivity index (χ0v) is 21.3. The Morgan fingerprint density at radius 3 is 2.44 bits per heavy atom. The lowest BCUT2D eigenvalue weighted by molar-refractivity contribution is -0.384. The number of non-ortho nitro benzene ring substituents is 1. The first-order valence-corrected chi connectivity index (χ1v) is 12.7. The van der Waals surface area contributed by atoms with Gasteiger partial charge in [0.05, 0.1) is 23.5 Å². The maximum absolute atomic E-state index is 14.5. The van der Waals surface area contributed by atoms with E-state index >= 15 is 0 Å². The number of rotatable bonds is 8. The van der Waals surface area contributed by atoms with E-state index in [4.69, 9.17) is 4.74 Å². The topological polar surface area (TPSA) is 113 Å². The van der Waals surface area contributed by atoms with Crippen LogP contribution in [0.4, 0.5) is 10.1 Å². The standard InChI is InChI=1S/C24H19BrFN3O6S/c1-2-35-19(30)13-27-22(31)20-17(11-25)21(14-7-9-16(10-8-14)29(33)34)36-23(20)28(24(27)32)12-15-5-3-4-6-18(15)26/h3-10H,2,11-13H2,1H3. The number of halogens is 2. The van der Waals surface area contributed by atoms with Crippen molar-refractivity contribution in [3.63, 3.8) is 0 Å². The first-order valence-electron chi connectivity index (χ1n) is 10.8. The van der Waals surface area contributed by atoms with Gasteiger partial charge in [0, 0.05) is 27.9 Å². The van der Waals surface area contributed by atoms with E-state index in [1.165, 1.54) is 34.9 Å². The Morgan fingerprint density at radius 2 is 1.83 bits per heavy atom. The predicted molar refractivity (Wildman–Crippen MR) is 137 cm³/mol. The van der Waals surface area contributed by atoms with Crippen LogP contribution in [0.25, 0.3) is 20.7 Å². The molecule has 0 aliphatic carbocycles. The average Bonchev–Trinajstić information content (AvgIpc) is 3.25. The summed E-state index contributed by atoms with van der Waals surface area (Å²) in [6, 6.07) is 11.8. The van der Waals surface area contributed by atoms with Crippen molar-refractivity contribution in [3.05, 3.63) is 96.4 Å². The summed E-state index contributed by atoms with van der Waals surface area (Å²) >= 11 is 4.56. The van der Waals surface area contributed by atoms with E-state index in [0.717, 1.165) is 15.9 Å². The van der Waals surface area contributed by atoms with Crippen molar-refractivity contribution in [2.45, 2.75) is 25.3 Å². The third-order valence-electron chi connectivity index (χ3n) is 5.51. The van der Waals surface area contributed by atoms with Crippen LogP contribution in [0.2, 0.25) is 0 Å². The van der Waals surface area contributed by atoms with Gasteiger partial charge in [0.1, 0.15) is 17.2 Å². The van der Waals surface area contributed by atoms with E-state index < -0.39 is 34.5 Å². The molecular formula is C24H19BrFN3O6S. The highest BCUT2D eigenvalue weighted by Gasteiger charge is 2.24. The number of fused-ring (bicyclic) bond motifs is 1. The lowest BCUT2D eigenvalue weighted by atomic mass is 10.1. The first-order chi connectivity index (χ1) is 17.3. The molecule has 36 heavy (non-hydrogen) atoms. The van der Waals surface area contributed by atoms with Crippen LogP contribution in [-0.2, 0) is 28.0 Å². The Morgan fingerprint density at radius 1 is 1.14 bits per heavy atom.